The van der Waals surface area contributed by atoms with Crippen LogP contribution in [0.3, 0.4) is 0 Å². The number of aliphatic hydroxyl groups is 1. The number of hydrogen-bond acceptors (Lipinski definition) is 10. The predicted molar refractivity (Wildman–Crippen MR) is 94.9 cm³/mol. The van der Waals surface area contributed by atoms with Gasteiger partial charge in [0.15, 0.2) is 12.2 Å². The zero-order valence-corrected chi connectivity index (χ0v) is 16.4. The first kappa shape index (κ1) is 22.3. The molecule has 0 bridgehead atoms. The summed E-state index contributed by atoms with van der Waals surface area (Å²) in [7, 11) is 0. The first-order valence-electron chi connectivity index (χ1n) is 8.74. The van der Waals surface area contributed by atoms with Crippen molar-refractivity contribution in [2.75, 3.05) is 6.61 Å². The molecule has 0 amide bonds. The van der Waals surface area contributed by atoms with Crippen LogP contribution in [0.25, 0.3) is 0 Å². The van der Waals surface area contributed by atoms with Gasteiger partial charge in [-0.2, -0.15) is 0 Å². The highest BCUT2D eigenvalue weighted by Crippen LogP contribution is 2.42. The summed E-state index contributed by atoms with van der Waals surface area (Å²) in [5.74, 6) is -2.42. The molecule has 1 aromatic rings. The highest BCUT2D eigenvalue weighted by molar-refractivity contribution is 5.72. The van der Waals surface area contributed by atoms with Crippen LogP contribution in [0.2, 0.25) is 0 Å². The molecule has 1 saturated heterocycles. The summed E-state index contributed by atoms with van der Waals surface area (Å²) in [5.41, 5.74) is 0.274. The zero-order valence-electron chi connectivity index (χ0n) is 16.4. The zero-order chi connectivity index (χ0) is 21.7. The number of esters is 4. The molecule has 29 heavy (non-hydrogen) atoms. The number of ether oxygens (including phenoxy) is 5. The van der Waals surface area contributed by atoms with Crippen LogP contribution in [0.4, 0.5) is 0 Å². The molecule has 0 saturated carbocycles. The van der Waals surface area contributed by atoms with Gasteiger partial charge >= 0.3 is 23.9 Å². The maximum atomic E-state index is 11.6. The normalized spacial score (nSPS) is 23.2. The molecule has 2 rings (SSSR count). The van der Waals surface area contributed by atoms with E-state index in [4.69, 9.17) is 23.7 Å². The minimum absolute atomic E-state index is 0.00133. The van der Waals surface area contributed by atoms with Gasteiger partial charge in [0.2, 0.25) is 0 Å². The Balaban J connectivity index is 2.49. The fourth-order valence-corrected chi connectivity index (χ4v) is 3.00. The van der Waals surface area contributed by atoms with Crippen LogP contribution in [0.5, 0.6) is 11.5 Å². The molecule has 1 fully saturated rings. The highest BCUT2D eigenvalue weighted by Gasteiger charge is 2.50. The number of benzene rings is 1. The minimum atomic E-state index is -1.11. The van der Waals surface area contributed by atoms with E-state index < -0.39 is 54.9 Å². The second-order valence-corrected chi connectivity index (χ2v) is 6.31. The van der Waals surface area contributed by atoms with E-state index in [1.807, 2.05) is 0 Å². The lowest BCUT2D eigenvalue weighted by Gasteiger charge is -2.24. The van der Waals surface area contributed by atoms with Gasteiger partial charge < -0.3 is 28.8 Å². The largest absolute Gasteiger partial charge is 0.456 e. The molecule has 0 radical (unpaired) electrons. The van der Waals surface area contributed by atoms with Crippen molar-refractivity contribution in [3.05, 3.63) is 23.8 Å². The first-order chi connectivity index (χ1) is 13.6. The average molecular weight is 410 g/mol. The third kappa shape index (κ3) is 5.75. The summed E-state index contributed by atoms with van der Waals surface area (Å²) in [5, 5.41) is 9.62. The Labute approximate surface area is 166 Å². The van der Waals surface area contributed by atoms with E-state index >= 15 is 0 Å². The number of rotatable bonds is 6. The van der Waals surface area contributed by atoms with E-state index in [9.17, 15) is 24.3 Å². The van der Waals surface area contributed by atoms with Crippen molar-refractivity contribution < 1.29 is 48.0 Å². The van der Waals surface area contributed by atoms with Gasteiger partial charge in [0.25, 0.3) is 0 Å². The van der Waals surface area contributed by atoms with Crippen molar-refractivity contribution in [3.63, 3.8) is 0 Å². The van der Waals surface area contributed by atoms with E-state index in [-0.39, 0.29) is 17.1 Å². The van der Waals surface area contributed by atoms with E-state index in [0.29, 0.717) is 0 Å². The molecule has 0 unspecified atom stereocenters. The Morgan fingerprint density at radius 1 is 0.897 bits per heavy atom. The topological polar surface area (TPSA) is 135 Å². The van der Waals surface area contributed by atoms with Crippen molar-refractivity contribution >= 4 is 23.9 Å². The smallest absolute Gasteiger partial charge is 0.308 e. The van der Waals surface area contributed by atoms with Crippen LogP contribution in [0.15, 0.2) is 18.2 Å². The molecule has 1 heterocycles. The van der Waals surface area contributed by atoms with Crippen LogP contribution < -0.4 is 9.47 Å². The third-order valence-electron chi connectivity index (χ3n) is 3.90. The lowest BCUT2D eigenvalue weighted by molar-refractivity contribution is -0.164. The van der Waals surface area contributed by atoms with E-state index in [2.05, 4.69) is 0 Å². The molecule has 10 heteroatoms. The monoisotopic (exact) mass is 410 g/mol. The lowest BCUT2D eigenvalue weighted by atomic mass is 10.00. The predicted octanol–water partition coefficient (Wildman–Crippen LogP) is 0.833. The van der Waals surface area contributed by atoms with E-state index in [1.165, 1.54) is 45.9 Å². The molecule has 1 aromatic carbocycles. The van der Waals surface area contributed by atoms with E-state index in [1.54, 1.807) is 0 Å². The van der Waals surface area contributed by atoms with Crippen LogP contribution in [0.1, 0.15) is 39.4 Å². The minimum Gasteiger partial charge on any atom is -0.456 e. The number of aliphatic hydroxyl groups excluding tert-OH is 1. The third-order valence-corrected chi connectivity index (χ3v) is 3.90. The molecule has 1 N–H and O–H groups in total. The Kier molecular flexibility index (Phi) is 7.29. The Bertz CT molecular complexity index is 802. The standard InChI is InChI=1S/C19H22O10/c1-9(21)25-13-5-6-14(15(7-13)26-10(2)22)17-19(28-12(4)24)18(27-11(3)23)16(8-20)29-17/h5-7,16-20H,8H2,1-4H3/t16-,17+,18-,19+/m1/s1. The van der Waals surface area contributed by atoms with E-state index in [0.717, 1.165) is 0 Å². The lowest BCUT2D eigenvalue weighted by Crippen LogP contribution is -2.39. The Morgan fingerprint density at radius 3 is 2.00 bits per heavy atom. The fourth-order valence-electron chi connectivity index (χ4n) is 3.00. The molecular weight excluding hydrogens is 388 g/mol. The molecular formula is C19H22O10. The molecule has 0 aliphatic carbocycles. The number of carbonyl (C=O) groups excluding carboxylic acids is 4. The van der Waals surface area contributed by atoms with Crippen LogP contribution in [0, 0.1) is 0 Å². The maximum Gasteiger partial charge on any atom is 0.308 e. The van der Waals surface area contributed by atoms with Gasteiger partial charge in [0.1, 0.15) is 23.7 Å². The summed E-state index contributed by atoms with van der Waals surface area (Å²) in [6, 6.07) is 4.20. The second kappa shape index (κ2) is 9.48. The molecule has 0 aromatic heterocycles. The highest BCUT2D eigenvalue weighted by atomic mass is 16.6. The van der Waals surface area contributed by atoms with Gasteiger partial charge in [-0.3, -0.25) is 19.2 Å². The van der Waals surface area contributed by atoms with Crippen LogP contribution >= 0.6 is 0 Å². The second-order valence-electron chi connectivity index (χ2n) is 6.31. The van der Waals surface area contributed by atoms with Gasteiger partial charge in [-0.15, -0.1) is 0 Å². The molecule has 158 valence electrons. The fraction of sp³-hybridized carbons (Fsp3) is 0.474. The molecule has 10 nitrogen and oxygen atoms in total. The van der Waals surface area contributed by atoms with Crippen molar-refractivity contribution in [3.8, 4) is 11.5 Å². The van der Waals surface area contributed by atoms with Gasteiger partial charge in [0.05, 0.1) is 6.61 Å². The van der Waals surface area contributed by atoms with Crippen molar-refractivity contribution in [1.82, 2.24) is 0 Å². The molecule has 4 atom stereocenters. The molecule has 1 aliphatic rings. The van der Waals surface area contributed by atoms with Crippen LogP contribution in [-0.4, -0.2) is 53.9 Å². The van der Waals surface area contributed by atoms with Crippen molar-refractivity contribution in [2.24, 2.45) is 0 Å². The summed E-state index contributed by atoms with van der Waals surface area (Å²) in [4.78, 5) is 45.8. The maximum absolute atomic E-state index is 11.6. The SMILES string of the molecule is CC(=O)Oc1ccc([C@@H]2O[C@H](CO)[C@@H](OC(C)=O)[C@H]2OC(C)=O)c(OC(C)=O)c1. The van der Waals surface area contributed by atoms with Gasteiger partial charge in [0, 0.05) is 39.3 Å². The first-order valence-corrected chi connectivity index (χ1v) is 8.74. The van der Waals surface area contributed by atoms with Crippen LogP contribution in [-0.2, 0) is 33.4 Å². The average Bonchev–Trinajstić information content (AvgIpc) is 2.90. The Hall–Kier alpha value is -2.98. The Morgan fingerprint density at radius 2 is 1.48 bits per heavy atom. The summed E-state index contributed by atoms with van der Waals surface area (Å²) >= 11 is 0. The van der Waals surface area contributed by atoms with Gasteiger partial charge in [-0.1, -0.05) is 0 Å². The quantitative estimate of drug-likeness (QED) is 0.531. The summed E-state index contributed by atoms with van der Waals surface area (Å²) < 4.78 is 26.5. The van der Waals surface area contributed by atoms with Gasteiger partial charge in [-0.25, -0.2) is 0 Å². The summed E-state index contributed by atoms with van der Waals surface area (Å²) in [6.45, 7) is 4.22. The van der Waals surface area contributed by atoms with Crippen molar-refractivity contribution in [2.45, 2.75) is 52.1 Å². The number of carbonyl (C=O) groups is 4. The van der Waals surface area contributed by atoms with Crippen molar-refractivity contribution in [1.29, 1.82) is 0 Å². The van der Waals surface area contributed by atoms with Gasteiger partial charge in [-0.05, 0) is 12.1 Å². The molecule has 0 spiro atoms. The summed E-state index contributed by atoms with van der Waals surface area (Å²) in [6.07, 6.45) is -4.19. The molecule has 1 aliphatic heterocycles. The number of hydrogen-bond donors (Lipinski definition) is 1.